The normalized spacial score (nSPS) is 14.7. The average molecular weight is 741 g/mol. The van der Waals surface area contributed by atoms with Crippen LogP contribution >= 0.6 is 0 Å². The summed E-state index contributed by atoms with van der Waals surface area (Å²) in [6.07, 6.45) is -6.09. The van der Waals surface area contributed by atoms with Crippen LogP contribution in [0.25, 0.3) is 22.0 Å². The number of nitrogens with zero attached hydrogens (tertiary/aromatic N) is 1. The minimum Gasteiger partial charge on any atom is -0.460 e. The Hall–Kier alpha value is -4.10. The minimum absolute atomic E-state index is 0.00926. The highest BCUT2D eigenvalue weighted by atomic mass is 19.4. The van der Waals surface area contributed by atoms with Gasteiger partial charge in [-0.15, -0.1) is 0 Å². The molecule has 1 amide bonds. The molecule has 1 N–H and O–H groups in total. The van der Waals surface area contributed by atoms with Gasteiger partial charge in [-0.1, -0.05) is 24.3 Å². The zero-order chi connectivity index (χ0) is 37.2. The summed E-state index contributed by atoms with van der Waals surface area (Å²) < 4.78 is 88.2. The van der Waals surface area contributed by atoms with Crippen LogP contribution in [0.15, 0.2) is 53.3 Å². The molecule has 0 unspecified atom stereocenters. The Morgan fingerprint density at radius 2 is 1.38 bits per heavy atom. The third kappa shape index (κ3) is 13.1. The fourth-order valence-corrected chi connectivity index (χ4v) is 4.97. The quantitative estimate of drug-likeness (QED) is 0.105. The number of methoxy groups -OCH3 is 1. The number of esters is 1. The number of aromatic amines is 1. The van der Waals surface area contributed by atoms with Crippen molar-refractivity contribution in [3.05, 3.63) is 64.4 Å². The van der Waals surface area contributed by atoms with Crippen molar-refractivity contribution < 1.29 is 65.4 Å². The molecule has 14 nitrogen and oxygen atoms in total. The highest BCUT2D eigenvalue weighted by Crippen LogP contribution is 2.36. The summed E-state index contributed by atoms with van der Waals surface area (Å²) in [5.74, 6) is -0.654. The molecule has 0 aliphatic carbocycles. The first-order valence-corrected chi connectivity index (χ1v) is 16.6. The van der Waals surface area contributed by atoms with Crippen molar-refractivity contribution in [3.8, 4) is 11.3 Å². The van der Waals surface area contributed by atoms with Crippen LogP contribution in [0.3, 0.4) is 0 Å². The van der Waals surface area contributed by atoms with Crippen LogP contribution in [0.4, 0.5) is 23.7 Å². The van der Waals surface area contributed by atoms with E-state index in [0.29, 0.717) is 77.1 Å². The van der Waals surface area contributed by atoms with Crippen LogP contribution in [-0.2, 0) is 53.6 Å². The maximum atomic E-state index is 13.5. The fraction of sp³-hybridized carbons (Fsp3) is 0.514. The average Bonchev–Trinajstić information content (AvgIpc) is 3.51. The molecule has 52 heavy (non-hydrogen) atoms. The van der Waals surface area contributed by atoms with Gasteiger partial charge in [0.25, 0.3) is 5.56 Å². The Morgan fingerprint density at radius 3 is 1.98 bits per heavy atom. The van der Waals surface area contributed by atoms with Crippen molar-refractivity contribution in [2.75, 3.05) is 111 Å². The number of halogens is 3. The van der Waals surface area contributed by atoms with E-state index in [0.717, 1.165) is 6.07 Å². The van der Waals surface area contributed by atoms with Crippen LogP contribution in [-0.4, -0.2) is 129 Å². The van der Waals surface area contributed by atoms with E-state index >= 15 is 0 Å². The number of alkyl halides is 3. The van der Waals surface area contributed by atoms with Gasteiger partial charge in [-0.2, -0.15) is 13.2 Å². The van der Waals surface area contributed by atoms with Gasteiger partial charge in [0.2, 0.25) is 0 Å². The van der Waals surface area contributed by atoms with Gasteiger partial charge in [0.05, 0.1) is 91.4 Å². The van der Waals surface area contributed by atoms with Crippen molar-refractivity contribution in [2.45, 2.75) is 12.3 Å². The van der Waals surface area contributed by atoms with E-state index in [1.165, 1.54) is 41.3 Å². The zero-order valence-electron chi connectivity index (χ0n) is 28.8. The first-order chi connectivity index (χ1) is 25.2. The van der Waals surface area contributed by atoms with Gasteiger partial charge in [0.1, 0.15) is 13.2 Å². The third-order valence-electron chi connectivity index (χ3n) is 7.48. The van der Waals surface area contributed by atoms with E-state index in [1.54, 1.807) is 13.2 Å². The number of H-pyrrole nitrogens is 1. The van der Waals surface area contributed by atoms with E-state index in [-0.39, 0.29) is 49.6 Å². The van der Waals surface area contributed by atoms with Gasteiger partial charge >= 0.3 is 18.2 Å². The summed E-state index contributed by atoms with van der Waals surface area (Å²) in [6, 6.07) is 10.9. The molecule has 0 spiro atoms. The van der Waals surface area contributed by atoms with E-state index < -0.39 is 35.5 Å². The summed E-state index contributed by atoms with van der Waals surface area (Å²) in [7, 11) is 1.62. The number of hydrogen-bond acceptors (Lipinski definition) is 12. The van der Waals surface area contributed by atoms with Gasteiger partial charge in [-0.05, 0) is 29.7 Å². The highest BCUT2D eigenvalue weighted by molar-refractivity contribution is 5.94. The monoisotopic (exact) mass is 740 g/mol. The van der Waals surface area contributed by atoms with Crippen molar-refractivity contribution in [1.82, 2.24) is 4.98 Å². The van der Waals surface area contributed by atoms with Gasteiger partial charge in [-0.25, -0.2) is 9.59 Å². The maximum Gasteiger partial charge on any atom is 0.417 e. The van der Waals surface area contributed by atoms with Crippen molar-refractivity contribution in [2.24, 2.45) is 0 Å². The molecule has 4 rings (SSSR count). The van der Waals surface area contributed by atoms with Gasteiger partial charge in [0.15, 0.2) is 6.10 Å². The molecule has 0 saturated carbocycles. The number of rotatable bonds is 24. The molecule has 3 aromatic rings. The third-order valence-corrected chi connectivity index (χ3v) is 7.48. The molecule has 1 saturated heterocycles. The number of pyridine rings is 1. The molecule has 2 aromatic carbocycles. The summed E-state index contributed by atoms with van der Waals surface area (Å²) >= 11 is 0. The molecular weight excluding hydrogens is 697 g/mol. The van der Waals surface area contributed by atoms with Gasteiger partial charge < -0.3 is 47.6 Å². The maximum absolute atomic E-state index is 13.5. The smallest absolute Gasteiger partial charge is 0.417 e. The molecule has 17 heteroatoms. The predicted molar refractivity (Wildman–Crippen MR) is 180 cm³/mol. The molecule has 2 heterocycles. The number of carbonyl (C=O) groups is 2. The zero-order valence-corrected chi connectivity index (χ0v) is 28.8. The Balaban J connectivity index is 1.07. The lowest BCUT2D eigenvalue weighted by atomic mass is 10.0. The van der Waals surface area contributed by atoms with Crippen LogP contribution in [0.1, 0.15) is 5.56 Å². The predicted octanol–water partition coefficient (Wildman–Crippen LogP) is 3.83. The van der Waals surface area contributed by atoms with E-state index in [9.17, 15) is 27.6 Å². The van der Waals surface area contributed by atoms with Gasteiger partial charge in [0, 0.05) is 29.4 Å². The number of ether oxygens (including phenoxy) is 9. The van der Waals surface area contributed by atoms with Crippen LogP contribution in [0, 0.1) is 0 Å². The summed E-state index contributed by atoms with van der Waals surface area (Å²) in [5.41, 5.74) is -1.32. The van der Waals surface area contributed by atoms with E-state index in [1.807, 2.05) is 0 Å². The van der Waals surface area contributed by atoms with Crippen molar-refractivity contribution in [3.63, 3.8) is 0 Å². The number of cyclic esters (lactones) is 1. The summed E-state index contributed by atoms with van der Waals surface area (Å²) in [6.45, 7) is 4.46. The van der Waals surface area contributed by atoms with Gasteiger partial charge in [-0.3, -0.25) is 9.69 Å². The SMILES string of the molecule is COCCOCCOCCOCCOCCOCCOCC(=O)OC[C@@H]1CN(c2ccc3cc(-c4ccccc4C(F)(F)F)[nH]c(=O)c3c2)C(=O)O1. The number of anilines is 1. The molecule has 1 aliphatic heterocycles. The molecule has 0 bridgehead atoms. The number of fused-ring (bicyclic) bond motifs is 1. The number of nitrogens with one attached hydrogen (secondary N) is 1. The van der Waals surface area contributed by atoms with Crippen molar-refractivity contribution >= 4 is 28.5 Å². The molecule has 1 aromatic heterocycles. The lowest BCUT2D eigenvalue weighted by Crippen LogP contribution is -2.27. The highest BCUT2D eigenvalue weighted by Gasteiger charge is 2.35. The lowest BCUT2D eigenvalue weighted by Gasteiger charge is -2.15. The summed E-state index contributed by atoms with van der Waals surface area (Å²) in [5, 5.41) is 0.550. The van der Waals surface area contributed by atoms with Crippen LogP contribution < -0.4 is 10.5 Å². The van der Waals surface area contributed by atoms with Crippen molar-refractivity contribution in [1.29, 1.82) is 0 Å². The fourth-order valence-electron chi connectivity index (χ4n) is 4.97. The minimum atomic E-state index is -4.61. The molecule has 0 radical (unpaired) electrons. The van der Waals surface area contributed by atoms with Crippen LogP contribution in [0.5, 0.6) is 0 Å². The Kier molecular flexibility index (Phi) is 16.8. The number of carbonyl (C=O) groups excluding carboxylic acids is 2. The topological polar surface area (TPSA) is 153 Å². The Morgan fingerprint density at radius 1 is 0.808 bits per heavy atom. The number of amides is 1. The number of benzene rings is 2. The molecule has 1 aliphatic rings. The second-order valence-electron chi connectivity index (χ2n) is 11.2. The largest absolute Gasteiger partial charge is 0.460 e. The summed E-state index contributed by atoms with van der Waals surface area (Å²) in [4.78, 5) is 41.4. The molecular formula is C35H43F3N2O12. The Labute approximate surface area is 297 Å². The van der Waals surface area contributed by atoms with E-state index in [4.69, 9.17) is 42.6 Å². The molecule has 286 valence electrons. The van der Waals surface area contributed by atoms with E-state index in [2.05, 4.69) is 4.98 Å². The second kappa shape index (κ2) is 21.4. The molecule has 1 atom stereocenters. The Bertz CT molecular complexity index is 1620. The lowest BCUT2D eigenvalue weighted by molar-refractivity contribution is -0.151. The van der Waals surface area contributed by atoms with Crippen LogP contribution in [0.2, 0.25) is 0 Å². The second-order valence-corrected chi connectivity index (χ2v) is 11.2. The molecule has 1 fully saturated rings. The number of aromatic nitrogens is 1. The first kappa shape index (κ1) is 40.7. The standard InChI is InChI=1S/C35H43F3N2O12/c1-44-8-9-45-10-11-46-12-13-47-14-15-48-16-17-49-18-19-50-24-32(41)51-23-27-22-40(34(43)52-27)26-7-6-25-20-31(39-33(42)29(25)21-26)28-4-2-3-5-30(28)35(36,37)38/h2-7,20-21,27H,8-19,22-24H2,1H3,(H,39,42)/t27-/m0/s1. The first-order valence-electron chi connectivity index (χ1n) is 16.6. The number of hydrogen-bond donors (Lipinski definition) is 1.